The first kappa shape index (κ1) is 21.1. The van der Waals surface area contributed by atoms with Crippen LogP contribution in [-0.4, -0.2) is 6.61 Å². The van der Waals surface area contributed by atoms with Crippen LogP contribution in [0.5, 0.6) is 5.75 Å². The monoisotopic (exact) mass is 426 g/mol. The first-order valence-corrected chi connectivity index (χ1v) is 10.3. The molecule has 30 heavy (non-hydrogen) atoms. The van der Waals surface area contributed by atoms with E-state index in [2.05, 4.69) is 4.74 Å². The molecule has 1 aliphatic heterocycles. The van der Waals surface area contributed by atoms with Crippen molar-refractivity contribution in [3.8, 4) is 5.75 Å². The minimum absolute atomic E-state index is 0.133. The predicted molar refractivity (Wildman–Crippen MR) is 101 cm³/mol. The molecule has 0 aromatic heterocycles. The molecule has 0 radical (unpaired) electrons. The molecule has 0 spiro atoms. The third-order valence-corrected chi connectivity index (χ3v) is 6.20. The predicted octanol–water partition coefficient (Wildman–Crippen LogP) is 6.89. The third kappa shape index (κ3) is 4.46. The van der Waals surface area contributed by atoms with Crippen molar-refractivity contribution in [3.05, 3.63) is 65.0 Å². The van der Waals surface area contributed by atoms with Gasteiger partial charge in [-0.25, -0.2) is 13.2 Å². The zero-order valence-corrected chi connectivity index (χ0v) is 16.4. The van der Waals surface area contributed by atoms with Gasteiger partial charge in [0.05, 0.1) is 18.3 Å². The maximum absolute atomic E-state index is 14.4. The molecule has 0 amide bonds. The van der Waals surface area contributed by atoms with E-state index in [1.165, 1.54) is 37.8 Å². The van der Waals surface area contributed by atoms with Crippen LogP contribution in [0.3, 0.4) is 0 Å². The molecule has 2 fully saturated rings. The molecule has 7 heteroatoms. The molecule has 162 valence electrons. The number of hydrogen-bond acceptors (Lipinski definition) is 2. The number of rotatable bonds is 5. The highest BCUT2D eigenvalue weighted by atomic mass is 19.3. The largest absolute Gasteiger partial charge is 0.429 e. The van der Waals surface area contributed by atoms with Gasteiger partial charge in [0.15, 0.2) is 17.5 Å². The number of ether oxygens (including phenoxy) is 2. The number of halogens is 5. The van der Waals surface area contributed by atoms with Gasteiger partial charge in [0.1, 0.15) is 5.75 Å². The topological polar surface area (TPSA) is 18.5 Å². The standard InChI is InChI=1S/C23H23F5O2/c24-19-11-18(12-20(25)22(19)26)30-23(27,28)17-8-5-15(6-9-17)21-10-7-16(13-29-21)14-3-1-2-4-14/h5-6,8-9,11-12,14,16,21H,1-4,7,10,13H2. The van der Waals surface area contributed by atoms with E-state index in [0.717, 1.165) is 24.3 Å². The summed E-state index contributed by atoms with van der Waals surface area (Å²) >= 11 is 0. The highest BCUT2D eigenvalue weighted by molar-refractivity contribution is 5.30. The van der Waals surface area contributed by atoms with Crippen LogP contribution in [0, 0.1) is 29.3 Å². The molecule has 0 N–H and O–H groups in total. The number of alkyl halides is 2. The van der Waals surface area contributed by atoms with Crippen molar-refractivity contribution in [2.45, 2.75) is 50.7 Å². The van der Waals surface area contributed by atoms with Crippen molar-refractivity contribution in [3.63, 3.8) is 0 Å². The van der Waals surface area contributed by atoms with Gasteiger partial charge in [-0.15, -0.1) is 0 Å². The molecule has 1 aliphatic carbocycles. The Balaban J connectivity index is 1.40. The van der Waals surface area contributed by atoms with Gasteiger partial charge in [-0.1, -0.05) is 37.8 Å². The molecule has 2 aromatic carbocycles. The summed E-state index contributed by atoms with van der Waals surface area (Å²) in [5.74, 6) is -4.41. The molecule has 0 bridgehead atoms. The highest BCUT2D eigenvalue weighted by Crippen LogP contribution is 2.40. The first-order valence-electron chi connectivity index (χ1n) is 10.3. The average molecular weight is 426 g/mol. The molecule has 2 unspecified atom stereocenters. The molecule has 1 heterocycles. The normalized spacial score (nSPS) is 23.0. The Morgan fingerprint density at radius 1 is 0.833 bits per heavy atom. The maximum Gasteiger partial charge on any atom is 0.426 e. The summed E-state index contributed by atoms with van der Waals surface area (Å²) in [5, 5.41) is 0. The lowest BCUT2D eigenvalue weighted by Crippen LogP contribution is -2.26. The van der Waals surface area contributed by atoms with Crippen molar-refractivity contribution < 1.29 is 31.4 Å². The number of benzene rings is 2. The zero-order valence-electron chi connectivity index (χ0n) is 16.4. The van der Waals surface area contributed by atoms with E-state index in [-0.39, 0.29) is 6.10 Å². The van der Waals surface area contributed by atoms with Crippen LogP contribution >= 0.6 is 0 Å². The molecular weight excluding hydrogens is 403 g/mol. The minimum atomic E-state index is -3.84. The summed E-state index contributed by atoms with van der Waals surface area (Å²) in [6.07, 6.45) is 3.07. The quantitative estimate of drug-likeness (QED) is 0.383. The van der Waals surface area contributed by atoms with E-state index in [1.807, 2.05) is 0 Å². The lowest BCUT2D eigenvalue weighted by molar-refractivity contribution is -0.185. The van der Waals surface area contributed by atoms with Crippen molar-refractivity contribution >= 4 is 0 Å². The minimum Gasteiger partial charge on any atom is -0.429 e. The summed E-state index contributed by atoms with van der Waals surface area (Å²) in [6.45, 7) is 0.693. The van der Waals surface area contributed by atoms with Crippen LogP contribution in [0.15, 0.2) is 36.4 Å². The van der Waals surface area contributed by atoms with Gasteiger partial charge in [0.25, 0.3) is 0 Å². The van der Waals surface area contributed by atoms with Crippen molar-refractivity contribution in [1.82, 2.24) is 0 Å². The van der Waals surface area contributed by atoms with Crippen LogP contribution in [0.2, 0.25) is 0 Å². The van der Waals surface area contributed by atoms with E-state index in [4.69, 9.17) is 4.74 Å². The Morgan fingerprint density at radius 2 is 1.47 bits per heavy atom. The summed E-state index contributed by atoms with van der Waals surface area (Å²) in [4.78, 5) is 0. The van der Waals surface area contributed by atoms with Crippen LogP contribution in [0.1, 0.15) is 55.8 Å². The zero-order chi connectivity index (χ0) is 21.3. The second-order valence-electron chi connectivity index (χ2n) is 8.15. The lowest BCUT2D eigenvalue weighted by atomic mass is 9.84. The van der Waals surface area contributed by atoms with Gasteiger partial charge in [-0.2, -0.15) is 8.78 Å². The van der Waals surface area contributed by atoms with Crippen molar-refractivity contribution in [2.75, 3.05) is 6.61 Å². The molecule has 4 rings (SSSR count). The van der Waals surface area contributed by atoms with Gasteiger partial charge in [-0.3, -0.25) is 0 Å². The Hall–Kier alpha value is -2.15. The van der Waals surface area contributed by atoms with Gasteiger partial charge in [0, 0.05) is 12.1 Å². The van der Waals surface area contributed by atoms with Crippen molar-refractivity contribution in [2.24, 2.45) is 11.8 Å². The fraction of sp³-hybridized carbons (Fsp3) is 0.478. The van der Waals surface area contributed by atoms with Crippen molar-refractivity contribution in [1.29, 1.82) is 0 Å². The molecule has 2 nitrogen and oxygen atoms in total. The second-order valence-corrected chi connectivity index (χ2v) is 8.15. The SMILES string of the molecule is Fc1cc(OC(F)(F)c2ccc(C3CCC(C4CCCC4)CO3)cc2)cc(F)c1F. The summed E-state index contributed by atoms with van der Waals surface area (Å²) in [5.41, 5.74) is 0.328. The van der Waals surface area contributed by atoms with Gasteiger partial charge >= 0.3 is 6.11 Å². The fourth-order valence-corrected chi connectivity index (χ4v) is 4.53. The fourth-order valence-electron chi connectivity index (χ4n) is 4.53. The molecule has 1 saturated heterocycles. The summed E-state index contributed by atoms with van der Waals surface area (Å²) in [7, 11) is 0. The Morgan fingerprint density at radius 3 is 2.03 bits per heavy atom. The van der Waals surface area contributed by atoms with E-state index < -0.39 is 34.9 Å². The molecule has 1 saturated carbocycles. The van der Waals surface area contributed by atoms with Gasteiger partial charge < -0.3 is 9.47 Å². The van der Waals surface area contributed by atoms with Gasteiger partial charge in [-0.05, 0) is 42.4 Å². The Kier molecular flexibility index (Phi) is 6.00. The summed E-state index contributed by atoms with van der Waals surface area (Å²) < 4.78 is 78.8. The van der Waals surface area contributed by atoms with E-state index in [0.29, 0.717) is 24.7 Å². The Bertz CT molecular complexity index is 847. The first-order chi connectivity index (χ1) is 14.3. The average Bonchev–Trinajstić information content (AvgIpc) is 3.27. The van der Waals surface area contributed by atoms with Crippen LogP contribution in [-0.2, 0) is 10.8 Å². The van der Waals surface area contributed by atoms with Crippen LogP contribution < -0.4 is 4.74 Å². The van der Waals surface area contributed by atoms with Crippen LogP contribution in [0.4, 0.5) is 22.0 Å². The highest BCUT2D eigenvalue weighted by Gasteiger charge is 2.36. The Labute approximate surface area is 172 Å². The van der Waals surface area contributed by atoms with Gasteiger partial charge in [0.2, 0.25) is 0 Å². The molecule has 2 aliphatic rings. The summed E-state index contributed by atoms with van der Waals surface area (Å²) in [6, 6.07) is 6.29. The maximum atomic E-state index is 14.4. The second kappa shape index (κ2) is 8.53. The van der Waals surface area contributed by atoms with E-state index >= 15 is 0 Å². The smallest absolute Gasteiger partial charge is 0.426 e. The molecule has 2 atom stereocenters. The van der Waals surface area contributed by atoms with E-state index in [1.54, 1.807) is 12.1 Å². The van der Waals surface area contributed by atoms with Crippen LogP contribution in [0.25, 0.3) is 0 Å². The molecular formula is C23H23F5O2. The number of hydrogen-bond donors (Lipinski definition) is 0. The third-order valence-electron chi connectivity index (χ3n) is 6.20. The lowest BCUT2D eigenvalue weighted by Gasteiger charge is -2.32. The van der Waals surface area contributed by atoms with E-state index in [9.17, 15) is 22.0 Å². The molecule has 2 aromatic rings.